The van der Waals surface area contributed by atoms with Crippen LogP contribution in [0.25, 0.3) is 16.9 Å². The molecule has 3 N–H and O–H groups in total. The van der Waals surface area contributed by atoms with E-state index in [2.05, 4.69) is 9.97 Å². The Kier molecular flexibility index (Phi) is 4.99. The number of carbonyl (C=O) groups is 1. The first-order valence-corrected chi connectivity index (χ1v) is 13.8. The van der Waals surface area contributed by atoms with Gasteiger partial charge in [0, 0.05) is 65.6 Å². The molecule has 8 rings (SSSR count). The first-order chi connectivity index (χ1) is 19.6. The zero-order valence-electron chi connectivity index (χ0n) is 22.2. The predicted molar refractivity (Wildman–Crippen MR) is 141 cm³/mol. The van der Waals surface area contributed by atoms with Crippen molar-refractivity contribution >= 4 is 11.6 Å². The molecule has 0 unspecified atom stereocenters. The zero-order valence-corrected chi connectivity index (χ0v) is 22.2. The third kappa shape index (κ3) is 3.70. The number of hydrogen-bond donors (Lipinski definition) is 2. The molecule has 12 heteroatoms. The van der Waals surface area contributed by atoms with Gasteiger partial charge in [0.05, 0.1) is 28.6 Å². The number of halogens is 2. The second-order valence-electron chi connectivity index (χ2n) is 12.0. The minimum Gasteiger partial charge on any atom is -0.434 e. The van der Waals surface area contributed by atoms with E-state index in [1.54, 1.807) is 42.2 Å². The highest BCUT2D eigenvalue weighted by atomic mass is 19.3. The highest BCUT2D eigenvalue weighted by Gasteiger charge is 2.52. The standard InChI is InChI=1S/C29H27F2N7O3/c1-28(40)12-29(32,13-28)26-33-10-14(11-34-26)18-7-8-37-24(35-18)22-17-9-19(23(22)36-37)38(15-5-6-15)25(39)16-3-2-4-20(21(16)17)41-27(30)31/h2-4,7-8,10-11,15,17,19,27,40H,5-6,9,12-13,32H2,1H3/t17-,19-,28?,29?/m1/s1. The number of nitrogens with zero attached hydrogens (tertiary/aromatic N) is 6. The van der Waals surface area contributed by atoms with Crippen LogP contribution in [0.15, 0.2) is 42.9 Å². The number of rotatable bonds is 5. The number of hydrogen-bond acceptors (Lipinski definition) is 8. The molecule has 0 radical (unpaired) electrons. The molecule has 41 heavy (non-hydrogen) atoms. The number of alkyl halides is 2. The van der Waals surface area contributed by atoms with E-state index in [1.165, 1.54) is 6.07 Å². The van der Waals surface area contributed by atoms with Crippen molar-refractivity contribution in [2.45, 2.75) is 74.8 Å². The summed E-state index contributed by atoms with van der Waals surface area (Å²) in [4.78, 5) is 29.6. The molecule has 3 aliphatic carbocycles. The molecule has 1 aromatic carbocycles. The topological polar surface area (TPSA) is 132 Å². The predicted octanol–water partition coefficient (Wildman–Crippen LogP) is 3.68. The van der Waals surface area contributed by atoms with Crippen molar-refractivity contribution in [3.05, 3.63) is 71.1 Å². The molecule has 4 aromatic rings. The Balaban J connectivity index is 1.24. The molecule has 210 valence electrons. The number of amides is 1. The summed E-state index contributed by atoms with van der Waals surface area (Å²) in [5.41, 5.74) is 9.11. The second-order valence-corrected chi connectivity index (χ2v) is 12.0. The molecule has 1 aliphatic heterocycles. The number of benzene rings is 1. The van der Waals surface area contributed by atoms with Gasteiger partial charge >= 0.3 is 6.61 Å². The molecular formula is C29H27F2N7O3. The van der Waals surface area contributed by atoms with Gasteiger partial charge in [-0.25, -0.2) is 19.5 Å². The highest BCUT2D eigenvalue weighted by molar-refractivity contribution is 5.98. The summed E-state index contributed by atoms with van der Waals surface area (Å²) < 4.78 is 33.6. The first-order valence-electron chi connectivity index (χ1n) is 13.8. The van der Waals surface area contributed by atoms with E-state index in [0.717, 1.165) is 24.1 Å². The van der Waals surface area contributed by atoms with Crippen molar-refractivity contribution in [3.8, 4) is 17.0 Å². The zero-order chi connectivity index (χ0) is 28.3. The second kappa shape index (κ2) is 8.26. The van der Waals surface area contributed by atoms with Crippen LogP contribution >= 0.6 is 0 Å². The number of carbonyl (C=O) groups excluding carboxylic acids is 1. The fraction of sp³-hybridized carbons (Fsp3) is 0.414. The monoisotopic (exact) mass is 559 g/mol. The first kappa shape index (κ1) is 24.7. The fourth-order valence-electron chi connectivity index (χ4n) is 7.19. The summed E-state index contributed by atoms with van der Waals surface area (Å²) in [7, 11) is 0. The van der Waals surface area contributed by atoms with Gasteiger partial charge in [-0.3, -0.25) is 4.79 Å². The third-order valence-electron chi connectivity index (χ3n) is 8.83. The summed E-state index contributed by atoms with van der Waals surface area (Å²) in [5, 5.41) is 15.0. The summed E-state index contributed by atoms with van der Waals surface area (Å²) in [6.07, 6.45) is 8.23. The third-order valence-corrected chi connectivity index (χ3v) is 8.83. The Bertz CT molecular complexity index is 1730. The van der Waals surface area contributed by atoms with Gasteiger partial charge in [0.1, 0.15) is 11.6 Å². The quantitative estimate of drug-likeness (QED) is 0.379. The van der Waals surface area contributed by atoms with Crippen molar-refractivity contribution < 1.29 is 23.4 Å². The van der Waals surface area contributed by atoms with Crippen LogP contribution in [0.2, 0.25) is 0 Å². The Morgan fingerprint density at radius 2 is 1.90 bits per heavy atom. The average Bonchev–Trinajstić information content (AvgIpc) is 3.61. The van der Waals surface area contributed by atoms with Crippen LogP contribution in [0.5, 0.6) is 5.75 Å². The van der Waals surface area contributed by atoms with Gasteiger partial charge in [-0.1, -0.05) is 6.07 Å². The minimum atomic E-state index is -3.02. The summed E-state index contributed by atoms with van der Waals surface area (Å²) >= 11 is 0. The summed E-state index contributed by atoms with van der Waals surface area (Å²) in [6.45, 7) is -1.28. The average molecular weight is 560 g/mol. The fourth-order valence-corrected chi connectivity index (χ4v) is 7.19. The lowest BCUT2D eigenvalue weighted by Gasteiger charge is -2.48. The van der Waals surface area contributed by atoms with E-state index < -0.39 is 23.7 Å². The van der Waals surface area contributed by atoms with Gasteiger partial charge < -0.3 is 20.5 Å². The normalized spacial score (nSPS) is 28.4. The van der Waals surface area contributed by atoms with Crippen molar-refractivity contribution in [1.82, 2.24) is 29.5 Å². The van der Waals surface area contributed by atoms with Crippen LogP contribution in [0.3, 0.4) is 0 Å². The van der Waals surface area contributed by atoms with Crippen LogP contribution in [0.1, 0.15) is 84.0 Å². The molecule has 4 aliphatic rings. The van der Waals surface area contributed by atoms with Crippen LogP contribution in [-0.4, -0.2) is 58.7 Å². The lowest BCUT2D eigenvalue weighted by atomic mass is 9.66. The molecule has 2 bridgehead atoms. The van der Waals surface area contributed by atoms with E-state index in [9.17, 15) is 18.7 Å². The maximum absolute atomic E-state index is 13.8. The SMILES string of the molecule is CC1(O)CC(N)(c2ncc(-c3ccn4nc5c(c4n3)[C@@H]3C[C@H]5N(C4CC4)C(=O)c4cccc(OC(F)F)c43)cn2)C1. The smallest absolute Gasteiger partial charge is 0.387 e. The van der Waals surface area contributed by atoms with Crippen LogP contribution in [0.4, 0.5) is 8.78 Å². The van der Waals surface area contributed by atoms with Crippen molar-refractivity contribution in [2.24, 2.45) is 5.73 Å². The van der Waals surface area contributed by atoms with Gasteiger partial charge in [-0.05, 0) is 44.4 Å². The van der Waals surface area contributed by atoms with Gasteiger partial charge in [-0.15, -0.1) is 0 Å². The molecule has 4 heterocycles. The maximum Gasteiger partial charge on any atom is 0.387 e. The van der Waals surface area contributed by atoms with Crippen LogP contribution in [-0.2, 0) is 5.54 Å². The number of nitrogens with two attached hydrogens (primary N) is 1. The minimum absolute atomic E-state index is 0.00489. The van der Waals surface area contributed by atoms with Gasteiger partial charge in [0.15, 0.2) is 5.65 Å². The van der Waals surface area contributed by atoms with Gasteiger partial charge in [-0.2, -0.15) is 13.9 Å². The Morgan fingerprint density at radius 1 is 1.15 bits per heavy atom. The molecular weight excluding hydrogens is 532 g/mol. The lowest BCUT2D eigenvalue weighted by molar-refractivity contribution is -0.0769. The van der Waals surface area contributed by atoms with E-state index in [1.807, 2.05) is 11.0 Å². The van der Waals surface area contributed by atoms with Crippen molar-refractivity contribution in [2.75, 3.05) is 0 Å². The lowest BCUT2D eigenvalue weighted by Crippen LogP contribution is -2.59. The van der Waals surface area contributed by atoms with Gasteiger partial charge in [0.2, 0.25) is 0 Å². The van der Waals surface area contributed by atoms with Crippen molar-refractivity contribution in [1.29, 1.82) is 0 Å². The van der Waals surface area contributed by atoms with Gasteiger partial charge in [0.25, 0.3) is 5.91 Å². The maximum atomic E-state index is 13.8. The molecule has 2 saturated carbocycles. The number of aliphatic hydroxyl groups is 1. The van der Waals surface area contributed by atoms with Crippen LogP contribution < -0.4 is 10.5 Å². The molecule has 10 nitrogen and oxygen atoms in total. The summed E-state index contributed by atoms with van der Waals surface area (Å²) in [5.74, 6) is -0.0913. The number of aromatic nitrogens is 5. The Labute approximate surface area is 233 Å². The molecule has 1 amide bonds. The summed E-state index contributed by atoms with van der Waals surface area (Å²) in [6, 6.07) is 6.40. The highest BCUT2D eigenvalue weighted by Crippen LogP contribution is 2.55. The number of fused-ring (bicyclic) bond motifs is 9. The molecule has 3 aromatic heterocycles. The Hall–Kier alpha value is -4.03. The van der Waals surface area contributed by atoms with Crippen molar-refractivity contribution in [3.63, 3.8) is 0 Å². The van der Waals surface area contributed by atoms with E-state index in [4.69, 9.17) is 20.6 Å². The van der Waals surface area contributed by atoms with E-state index >= 15 is 0 Å². The van der Waals surface area contributed by atoms with E-state index in [-0.39, 0.29) is 23.7 Å². The molecule has 2 atom stereocenters. The molecule has 0 spiro atoms. The van der Waals surface area contributed by atoms with Crippen LogP contribution in [0, 0.1) is 0 Å². The Morgan fingerprint density at radius 3 is 2.59 bits per heavy atom. The van der Waals surface area contributed by atoms with E-state index in [0.29, 0.717) is 53.1 Å². The number of ether oxygens (including phenoxy) is 1. The largest absolute Gasteiger partial charge is 0.434 e. The molecule has 2 fully saturated rings. The molecule has 0 saturated heterocycles.